The SMILES string of the molecule is Cc1cc(N)ccc1N1CC(C)CC(C)C1. The van der Waals surface area contributed by atoms with Crippen LogP contribution in [-0.4, -0.2) is 13.1 Å². The Bertz CT molecular complexity index is 363. The van der Waals surface area contributed by atoms with Crippen molar-refractivity contribution in [3.8, 4) is 0 Å². The van der Waals surface area contributed by atoms with Crippen LogP contribution in [0.25, 0.3) is 0 Å². The van der Waals surface area contributed by atoms with Crippen LogP contribution in [-0.2, 0) is 0 Å². The summed E-state index contributed by atoms with van der Waals surface area (Å²) >= 11 is 0. The normalized spacial score (nSPS) is 25.8. The van der Waals surface area contributed by atoms with Crippen molar-refractivity contribution in [2.75, 3.05) is 23.7 Å². The molecule has 1 aromatic carbocycles. The summed E-state index contributed by atoms with van der Waals surface area (Å²) in [5.74, 6) is 1.58. The molecule has 0 spiro atoms. The van der Waals surface area contributed by atoms with Crippen LogP contribution in [0, 0.1) is 18.8 Å². The summed E-state index contributed by atoms with van der Waals surface area (Å²) in [7, 11) is 0. The Morgan fingerprint density at radius 2 is 1.81 bits per heavy atom. The van der Waals surface area contributed by atoms with Crippen LogP contribution in [0.15, 0.2) is 18.2 Å². The molecule has 2 rings (SSSR count). The third-order valence-electron chi connectivity index (χ3n) is 3.43. The molecule has 0 radical (unpaired) electrons. The monoisotopic (exact) mass is 218 g/mol. The van der Waals surface area contributed by atoms with E-state index in [1.165, 1.54) is 30.8 Å². The summed E-state index contributed by atoms with van der Waals surface area (Å²) < 4.78 is 0. The molecule has 1 aliphatic rings. The molecule has 0 aliphatic carbocycles. The standard InChI is InChI=1S/C14H22N2/c1-10-6-11(2)9-16(8-10)14-5-4-13(15)7-12(14)3/h4-5,7,10-11H,6,8-9,15H2,1-3H3. The summed E-state index contributed by atoms with van der Waals surface area (Å²) in [6.45, 7) is 9.18. The number of nitrogens with zero attached hydrogens (tertiary/aromatic N) is 1. The summed E-state index contributed by atoms with van der Waals surface area (Å²) in [6.07, 6.45) is 1.35. The Morgan fingerprint density at radius 3 is 2.38 bits per heavy atom. The Morgan fingerprint density at radius 1 is 1.19 bits per heavy atom. The highest BCUT2D eigenvalue weighted by Crippen LogP contribution is 2.29. The quantitative estimate of drug-likeness (QED) is 0.734. The molecule has 2 atom stereocenters. The van der Waals surface area contributed by atoms with Crippen LogP contribution >= 0.6 is 0 Å². The molecule has 0 amide bonds. The van der Waals surface area contributed by atoms with Crippen LogP contribution in [0.3, 0.4) is 0 Å². The number of anilines is 2. The van der Waals surface area contributed by atoms with Gasteiger partial charge < -0.3 is 10.6 Å². The molecular formula is C14H22N2. The number of benzene rings is 1. The van der Waals surface area contributed by atoms with Crippen LogP contribution in [0.2, 0.25) is 0 Å². The van der Waals surface area contributed by atoms with Gasteiger partial charge in [0, 0.05) is 24.5 Å². The maximum atomic E-state index is 5.79. The van der Waals surface area contributed by atoms with Gasteiger partial charge in [0.05, 0.1) is 0 Å². The lowest BCUT2D eigenvalue weighted by Crippen LogP contribution is -2.39. The minimum absolute atomic E-state index is 0.792. The topological polar surface area (TPSA) is 29.3 Å². The van der Waals surface area contributed by atoms with Gasteiger partial charge in [-0.1, -0.05) is 13.8 Å². The van der Waals surface area contributed by atoms with E-state index in [0.29, 0.717) is 0 Å². The first-order valence-electron chi connectivity index (χ1n) is 6.17. The van der Waals surface area contributed by atoms with Crippen molar-refractivity contribution in [3.63, 3.8) is 0 Å². The molecule has 88 valence electrons. The first-order valence-corrected chi connectivity index (χ1v) is 6.17. The van der Waals surface area contributed by atoms with E-state index >= 15 is 0 Å². The highest BCUT2D eigenvalue weighted by molar-refractivity contribution is 5.59. The zero-order valence-corrected chi connectivity index (χ0v) is 10.5. The average molecular weight is 218 g/mol. The van der Waals surface area contributed by atoms with Gasteiger partial charge in [-0.05, 0) is 48.9 Å². The summed E-state index contributed by atoms with van der Waals surface area (Å²) in [6, 6.07) is 6.24. The first kappa shape index (κ1) is 11.3. The van der Waals surface area contributed by atoms with E-state index < -0.39 is 0 Å². The summed E-state index contributed by atoms with van der Waals surface area (Å²) in [5.41, 5.74) is 9.30. The molecule has 2 heteroatoms. The molecule has 0 bridgehead atoms. The second-order valence-electron chi connectivity index (χ2n) is 5.40. The van der Waals surface area contributed by atoms with Crippen molar-refractivity contribution in [1.82, 2.24) is 0 Å². The third kappa shape index (κ3) is 2.31. The van der Waals surface area contributed by atoms with Crippen LogP contribution < -0.4 is 10.6 Å². The second kappa shape index (κ2) is 4.36. The number of aryl methyl sites for hydroxylation is 1. The van der Waals surface area contributed by atoms with Crippen LogP contribution in [0.1, 0.15) is 25.8 Å². The van der Waals surface area contributed by atoms with Crippen molar-refractivity contribution in [2.24, 2.45) is 11.8 Å². The van der Waals surface area contributed by atoms with Gasteiger partial charge in [-0.25, -0.2) is 0 Å². The van der Waals surface area contributed by atoms with E-state index in [1.54, 1.807) is 0 Å². The Hall–Kier alpha value is -1.18. The van der Waals surface area contributed by atoms with Gasteiger partial charge >= 0.3 is 0 Å². The van der Waals surface area contributed by atoms with Crippen molar-refractivity contribution in [1.29, 1.82) is 0 Å². The maximum Gasteiger partial charge on any atom is 0.0397 e. The first-order chi connectivity index (χ1) is 7.56. The number of piperidine rings is 1. The van der Waals surface area contributed by atoms with Crippen molar-refractivity contribution in [2.45, 2.75) is 27.2 Å². The molecular weight excluding hydrogens is 196 g/mol. The number of nitrogens with two attached hydrogens (primary N) is 1. The third-order valence-corrected chi connectivity index (χ3v) is 3.43. The van der Waals surface area contributed by atoms with Crippen LogP contribution in [0.4, 0.5) is 11.4 Å². The van der Waals surface area contributed by atoms with Crippen molar-refractivity contribution >= 4 is 11.4 Å². The van der Waals surface area contributed by atoms with E-state index in [4.69, 9.17) is 5.73 Å². The molecule has 1 fully saturated rings. The largest absolute Gasteiger partial charge is 0.399 e. The lowest BCUT2D eigenvalue weighted by molar-refractivity contribution is 0.356. The van der Waals surface area contributed by atoms with Gasteiger partial charge in [-0.15, -0.1) is 0 Å². The second-order valence-corrected chi connectivity index (χ2v) is 5.40. The molecule has 0 saturated carbocycles. The molecule has 16 heavy (non-hydrogen) atoms. The molecule has 2 unspecified atom stereocenters. The Kier molecular flexibility index (Phi) is 3.08. The van der Waals surface area contributed by atoms with Gasteiger partial charge in [0.2, 0.25) is 0 Å². The number of hydrogen-bond donors (Lipinski definition) is 1. The molecule has 1 aliphatic heterocycles. The molecule has 2 N–H and O–H groups in total. The highest BCUT2D eigenvalue weighted by atomic mass is 15.1. The molecule has 1 saturated heterocycles. The van der Waals surface area contributed by atoms with E-state index in [0.717, 1.165) is 17.5 Å². The van der Waals surface area contributed by atoms with E-state index in [2.05, 4.69) is 37.8 Å². The van der Waals surface area contributed by atoms with E-state index in [9.17, 15) is 0 Å². The molecule has 1 heterocycles. The lowest BCUT2D eigenvalue weighted by Gasteiger charge is -2.37. The van der Waals surface area contributed by atoms with E-state index in [-0.39, 0.29) is 0 Å². The van der Waals surface area contributed by atoms with Crippen molar-refractivity contribution < 1.29 is 0 Å². The molecule has 0 aromatic heterocycles. The molecule has 1 aromatic rings. The van der Waals surface area contributed by atoms with Gasteiger partial charge in [0.25, 0.3) is 0 Å². The number of hydrogen-bond acceptors (Lipinski definition) is 2. The smallest absolute Gasteiger partial charge is 0.0397 e. The van der Waals surface area contributed by atoms with Crippen molar-refractivity contribution in [3.05, 3.63) is 23.8 Å². The minimum Gasteiger partial charge on any atom is -0.399 e. The predicted octanol–water partition coefficient (Wildman–Crippen LogP) is 3.06. The van der Waals surface area contributed by atoms with Crippen LogP contribution in [0.5, 0.6) is 0 Å². The zero-order chi connectivity index (χ0) is 11.7. The predicted molar refractivity (Wildman–Crippen MR) is 70.7 cm³/mol. The number of rotatable bonds is 1. The zero-order valence-electron chi connectivity index (χ0n) is 10.5. The highest BCUT2D eigenvalue weighted by Gasteiger charge is 2.22. The fourth-order valence-electron chi connectivity index (χ4n) is 2.89. The van der Waals surface area contributed by atoms with E-state index in [1.807, 2.05) is 6.07 Å². The number of nitrogen functional groups attached to an aromatic ring is 1. The minimum atomic E-state index is 0.792. The van der Waals surface area contributed by atoms with Gasteiger partial charge in [0.1, 0.15) is 0 Å². The fraction of sp³-hybridized carbons (Fsp3) is 0.571. The lowest BCUT2D eigenvalue weighted by atomic mass is 9.91. The van der Waals surface area contributed by atoms with Gasteiger partial charge in [0.15, 0.2) is 0 Å². The van der Waals surface area contributed by atoms with Gasteiger partial charge in [-0.2, -0.15) is 0 Å². The summed E-state index contributed by atoms with van der Waals surface area (Å²) in [5, 5.41) is 0. The summed E-state index contributed by atoms with van der Waals surface area (Å²) in [4.78, 5) is 2.51. The average Bonchev–Trinajstić information content (AvgIpc) is 2.15. The molecule has 2 nitrogen and oxygen atoms in total. The Balaban J connectivity index is 2.23. The van der Waals surface area contributed by atoms with Gasteiger partial charge in [-0.3, -0.25) is 0 Å². The fourth-order valence-corrected chi connectivity index (χ4v) is 2.89. The maximum absolute atomic E-state index is 5.79. The Labute approximate surface area is 98.4 Å².